The maximum atomic E-state index is 11.7. The highest BCUT2D eigenvalue weighted by Gasteiger charge is 2.17. The van der Waals surface area contributed by atoms with Gasteiger partial charge in [0.05, 0.1) is 0 Å². The van der Waals surface area contributed by atoms with Crippen molar-refractivity contribution in [2.24, 2.45) is 0 Å². The molecule has 0 bridgehead atoms. The zero-order chi connectivity index (χ0) is 14.3. The monoisotopic (exact) mass is 263 g/mol. The summed E-state index contributed by atoms with van der Waals surface area (Å²) >= 11 is 0. The van der Waals surface area contributed by atoms with Gasteiger partial charge in [0.25, 0.3) is 0 Å². The zero-order valence-corrected chi connectivity index (χ0v) is 10.0. The first kappa shape index (κ1) is 14.4. The molecule has 2 N–H and O–H groups in total. The van der Waals surface area contributed by atoms with Gasteiger partial charge in [-0.3, -0.25) is 14.4 Å². The van der Waals surface area contributed by atoms with Crippen molar-refractivity contribution in [1.82, 2.24) is 4.90 Å². The first-order chi connectivity index (χ1) is 8.99. The fourth-order valence-electron chi connectivity index (χ4n) is 1.38. The Morgan fingerprint density at radius 3 is 2.00 bits per heavy atom. The molecule has 1 aromatic carbocycles. The van der Waals surface area contributed by atoms with Crippen LogP contribution in [0, 0.1) is 0 Å². The number of carboxylic acids is 2. The zero-order valence-electron chi connectivity index (χ0n) is 10.0. The SMILES string of the molecule is O=C(O)CN(CC(=O)O)C(=O)C=Cc1ccccc1. The largest absolute Gasteiger partial charge is 0.480 e. The summed E-state index contributed by atoms with van der Waals surface area (Å²) in [4.78, 5) is 33.6. The second-order valence-electron chi connectivity index (χ2n) is 3.73. The van der Waals surface area contributed by atoms with E-state index in [9.17, 15) is 14.4 Å². The summed E-state index contributed by atoms with van der Waals surface area (Å²) in [7, 11) is 0. The lowest BCUT2D eigenvalue weighted by atomic mass is 10.2. The molecule has 1 aromatic rings. The molecule has 0 aromatic heterocycles. The molecule has 0 unspecified atom stereocenters. The van der Waals surface area contributed by atoms with E-state index in [1.807, 2.05) is 6.07 Å². The second kappa shape index (κ2) is 6.95. The first-order valence-electron chi connectivity index (χ1n) is 5.44. The average Bonchev–Trinajstić information content (AvgIpc) is 2.35. The van der Waals surface area contributed by atoms with Crippen LogP contribution in [0.25, 0.3) is 6.08 Å². The van der Waals surface area contributed by atoms with Crippen molar-refractivity contribution >= 4 is 23.9 Å². The van der Waals surface area contributed by atoms with Gasteiger partial charge in [-0.05, 0) is 11.6 Å². The highest BCUT2D eigenvalue weighted by Crippen LogP contribution is 2.02. The van der Waals surface area contributed by atoms with Crippen LogP contribution in [0.3, 0.4) is 0 Å². The van der Waals surface area contributed by atoms with Crippen molar-refractivity contribution in [2.45, 2.75) is 0 Å². The molecule has 0 aliphatic rings. The summed E-state index contributed by atoms with van der Waals surface area (Å²) < 4.78 is 0. The van der Waals surface area contributed by atoms with Crippen molar-refractivity contribution in [2.75, 3.05) is 13.1 Å². The number of carboxylic acid groups (broad SMARTS) is 2. The van der Waals surface area contributed by atoms with Crippen LogP contribution < -0.4 is 0 Å². The minimum Gasteiger partial charge on any atom is -0.480 e. The van der Waals surface area contributed by atoms with Crippen LogP contribution in [0.4, 0.5) is 0 Å². The van der Waals surface area contributed by atoms with Crippen LogP contribution in [-0.4, -0.2) is 46.0 Å². The van der Waals surface area contributed by atoms with E-state index in [0.717, 1.165) is 16.5 Å². The lowest BCUT2D eigenvalue weighted by Crippen LogP contribution is -2.38. The van der Waals surface area contributed by atoms with Gasteiger partial charge in [0, 0.05) is 6.08 Å². The number of benzene rings is 1. The summed E-state index contributed by atoms with van der Waals surface area (Å²) in [5.74, 6) is -3.18. The Hall–Kier alpha value is -2.63. The van der Waals surface area contributed by atoms with E-state index in [1.54, 1.807) is 24.3 Å². The van der Waals surface area contributed by atoms with Gasteiger partial charge in [0.1, 0.15) is 13.1 Å². The molecule has 100 valence electrons. The molecule has 0 radical (unpaired) electrons. The molecule has 0 aliphatic carbocycles. The highest BCUT2D eigenvalue weighted by atomic mass is 16.4. The van der Waals surface area contributed by atoms with Crippen LogP contribution in [0.15, 0.2) is 36.4 Å². The summed E-state index contributed by atoms with van der Waals surface area (Å²) in [5.41, 5.74) is 0.765. The quantitative estimate of drug-likeness (QED) is 0.736. The van der Waals surface area contributed by atoms with E-state index >= 15 is 0 Å². The van der Waals surface area contributed by atoms with Gasteiger partial charge in [-0.25, -0.2) is 0 Å². The van der Waals surface area contributed by atoms with Crippen molar-refractivity contribution < 1.29 is 24.6 Å². The Balaban J connectivity index is 2.73. The van der Waals surface area contributed by atoms with Gasteiger partial charge in [0.2, 0.25) is 5.91 Å². The molecular formula is C13H13NO5. The number of aliphatic carboxylic acids is 2. The van der Waals surface area contributed by atoms with E-state index < -0.39 is 30.9 Å². The molecule has 0 aliphatic heterocycles. The van der Waals surface area contributed by atoms with Crippen LogP contribution in [0.2, 0.25) is 0 Å². The van der Waals surface area contributed by atoms with Crippen molar-refractivity contribution in [3.05, 3.63) is 42.0 Å². The predicted octanol–water partition coefficient (Wildman–Crippen LogP) is 0.698. The fourth-order valence-corrected chi connectivity index (χ4v) is 1.38. The van der Waals surface area contributed by atoms with Crippen LogP contribution in [0.1, 0.15) is 5.56 Å². The Labute approximate surface area is 109 Å². The minimum atomic E-state index is -1.26. The number of rotatable bonds is 6. The van der Waals surface area contributed by atoms with Crippen LogP contribution in [-0.2, 0) is 14.4 Å². The van der Waals surface area contributed by atoms with Crippen molar-refractivity contribution in [3.8, 4) is 0 Å². The third kappa shape index (κ3) is 5.49. The van der Waals surface area contributed by atoms with Gasteiger partial charge in [0.15, 0.2) is 0 Å². The third-order valence-corrected chi connectivity index (χ3v) is 2.18. The molecule has 19 heavy (non-hydrogen) atoms. The number of nitrogens with zero attached hydrogens (tertiary/aromatic N) is 1. The Morgan fingerprint density at radius 1 is 1.00 bits per heavy atom. The van der Waals surface area contributed by atoms with Gasteiger partial charge < -0.3 is 15.1 Å². The predicted molar refractivity (Wildman–Crippen MR) is 67.3 cm³/mol. The van der Waals surface area contributed by atoms with E-state index in [-0.39, 0.29) is 0 Å². The van der Waals surface area contributed by atoms with Gasteiger partial charge in [-0.1, -0.05) is 30.3 Å². The molecule has 6 nitrogen and oxygen atoms in total. The molecule has 1 rings (SSSR count). The number of carbonyl (C=O) groups is 3. The topological polar surface area (TPSA) is 94.9 Å². The number of amides is 1. The van der Waals surface area contributed by atoms with Gasteiger partial charge >= 0.3 is 11.9 Å². The lowest BCUT2D eigenvalue weighted by molar-refractivity contribution is -0.147. The van der Waals surface area contributed by atoms with Crippen LogP contribution in [0.5, 0.6) is 0 Å². The maximum absolute atomic E-state index is 11.7. The highest BCUT2D eigenvalue weighted by molar-refractivity contribution is 5.95. The normalized spacial score (nSPS) is 10.3. The minimum absolute atomic E-state index is 0.649. The maximum Gasteiger partial charge on any atom is 0.323 e. The molecule has 6 heteroatoms. The molecule has 0 fully saturated rings. The van der Waals surface area contributed by atoms with Crippen molar-refractivity contribution in [3.63, 3.8) is 0 Å². The molecule has 0 saturated heterocycles. The average molecular weight is 263 g/mol. The Morgan fingerprint density at radius 2 is 1.53 bits per heavy atom. The molecule has 0 spiro atoms. The molecule has 0 heterocycles. The smallest absolute Gasteiger partial charge is 0.323 e. The van der Waals surface area contributed by atoms with E-state index in [4.69, 9.17) is 10.2 Å². The van der Waals surface area contributed by atoms with Gasteiger partial charge in [-0.2, -0.15) is 0 Å². The third-order valence-electron chi connectivity index (χ3n) is 2.18. The summed E-state index contributed by atoms with van der Waals surface area (Å²) in [6.07, 6.45) is 2.65. The first-order valence-corrected chi connectivity index (χ1v) is 5.44. The number of carbonyl (C=O) groups excluding carboxylic acids is 1. The molecule has 1 amide bonds. The van der Waals surface area contributed by atoms with Gasteiger partial charge in [-0.15, -0.1) is 0 Å². The lowest BCUT2D eigenvalue weighted by Gasteiger charge is -2.16. The van der Waals surface area contributed by atoms with E-state index in [0.29, 0.717) is 0 Å². The van der Waals surface area contributed by atoms with E-state index in [1.165, 1.54) is 6.08 Å². The summed E-state index contributed by atoms with van der Waals surface area (Å²) in [6, 6.07) is 8.93. The fraction of sp³-hybridized carbons (Fsp3) is 0.154. The van der Waals surface area contributed by atoms with E-state index in [2.05, 4.69) is 0 Å². The van der Waals surface area contributed by atoms with Crippen molar-refractivity contribution in [1.29, 1.82) is 0 Å². The number of hydrogen-bond donors (Lipinski definition) is 2. The Bertz CT molecular complexity index is 479. The summed E-state index contributed by atoms with van der Waals surface area (Å²) in [6.45, 7) is -1.30. The standard InChI is InChI=1S/C13H13NO5/c15-11(7-6-10-4-2-1-3-5-10)14(8-12(16)17)9-13(18)19/h1-7H,8-9H2,(H,16,17)(H,18,19). The molecule has 0 atom stereocenters. The van der Waals surface area contributed by atoms with Crippen LogP contribution >= 0.6 is 0 Å². The second-order valence-corrected chi connectivity index (χ2v) is 3.73. The summed E-state index contributed by atoms with van der Waals surface area (Å²) in [5, 5.41) is 17.2. The number of hydrogen-bond acceptors (Lipinski definition) is 3. The molecular weight excluding hydrogens is 250 g/mol. The Kier molecular flexibility index (Phi) is 5.28. The molecule has 0 saturated carbocycles.